The molecule has 0 aliphatic carbocycles. The number of nitrogen functional groups attached to an aromatic ring is 1. The van der Waals surface area contributed by atoms with Crippen molar-refractivity contribution in [2.45, 2.75) is 32.8 Å². The van der Waals surface area contributed by atoms with Gasteiger partial charge in [0, 0.05) is 12.6 Å². The number of ether oxygens (including phenoxy) is 3. The third kappa shape index (κ3) is 5.54. The van der Waals surface area contributed by atoms with E-state index < -0.39 is 11.7 Å². The summed E-state index contributed by atoms with van der Waals surface area (Å²) in [6.45, 7) is 6.25. The van der Waals surface area contributed by atoms with Crippen molar-refractivity contribution in [1.29, 1.82) is 0 Å². The second-order valence-corrected chi connectivity index (χ2v) is 6.55. The fraction of sp³-hybridized carbons (Fsp3) is 0.471. The Balaban J connectivity index is 1.93. The van der Waals surface area contributed by atoms with Gasteiger partial charge in [-0.1, -0.05) is 0 Å². The number of pyridine rings is 1. The summed E-state index contributed by atoms with van der Waals surface area (Å²) in [6, 6.07) is 1.69. The molecule has 0 atom stereocenters. The minimum atomic E-state index is -0.520. The topological polar surface area (TPSA) is 124 Å². The molecule has 9 nitrogen and oxygen atoms in total. The van der Waals surface area contributed by atoms with Crippen LogP contribution < -0.4 is 20.5 Å². The molecule has 2 heterocycles. The predicted molar refractivity (Wildman–Crippen MR) is 97.1 cm³/mol. The SMILES string of the molecule is COc1cncc(OCCCNC(=O)OC(C)(C)C)c1-c1cc(N)n[nH]1. The molecule has 0 spiro atoms. The third-order valence-corrected chi connectivity index (χ3v) is 3.21. The van der Waals surface area contributed by atoms with Crippen LogP contribution in [-0.2, 0) is 4.74 Å². The average Bonchev–Trinajstić information content (AvgIpc) is 2.98. The average molecular weight is 363 g/mol. The number of methoxy groups -OCH3 is 1. The van der Waals surface area contributed by atoms with Crippen LogP contribution in [0.1, 0.15) is 27.2 Å². The molecule has 0 fully saturated rings. The first kappa shape index (κ1) is 19.4. The molecule has 4 N–H and O–H groups in total. The summed E-state index contributed by atoms with van der Waals surface area (Å²) in [5.41, 5.74) is 6.51. The van der Waals surface area contributed by atoms with Crippen LogP contribution in [-0.4, -0.2) is 47.1 Å². The highest BCUT2D eigenvalue weighted by Gasteiger charge is 2.17. The van der Waals surface area contributed by atoms with Crippen LogP contribution in [0.4, 0.5) is 10.6 Å². The number of nitrogens with one attached hydrogen (secondary N) is 2. The molecule has 0 saturated heterocycles. The normalized spacial score (nSPS) is 11.1. The van der Waals surface area contributed by atoms with Gasteiger partial charge in [-0.3, -0.25) is 10.1 Å². The highest BCUT2D eigenvalue weighted by molar-refractivity contribution is 5.74. The van der Waals surface area contributed by atoms with Crippen molar-refractivity contribution in [2.24, 2.45) is 0 Å². The quantitative estimate of drug-likeness (QED) is 0.645. The van der Waals surface area contributed by atoms with Crippen LogP contribution in [0.15, 0.2) is 18.5 Å². The van der Waals surface area contributed by atoms with Crippen LogP contribution in [0.5, 0.6) is 11.5 Å². The molecule has 0 radical (unpaired) electrons. The lowest BCUT2D eigenvalue weighted by molar-refractivity contribution is 0.0525. The Hall–Kier alpha value is -2.97. The van der Waals surface area contributed by atoms with E-state index in [-0.39, 0.29) is 0 Å². The van der Waals surface area contributed by atoms with Crippen molar-refractivity contribution in [3.63, 3.8) is 0 Å². The summed E-state index contributed by atoms with van der Waals surface area (Å²) in [5, 5.41) is 9.45. The minimum absolute atomic E-state index is 0.367. The van der Waals surface area contributed by atoms with Crippen LogP contribution in [0.25, 0.3) is 11.3 Å². The van der Waals surface area contributed by atoms with Gasteiger partial charge in [-0.2, -0.15) is 5.10 Å². The number of aromatic nitrogens is 3. The van der Waals surface area contributed by atoms with Gasteiger partial charge in [0.1, 0.15) is 17.2 Å². The Labute approximate surface area is 152 Å². The van der Waals surface area contributed by atoms with Crippen molar-refractivity contribution < 1.29 is 19.0 Å². The van der Waals surface area contributed by atoms with Gasteiger partial charge in [-0.25, -0.2) is 4.79 Å². The van der Waals surface area contributed by atoms with Crippen LogP contribution >= 0.6 is 0 Å². The summed E-state index contributed by atoms with van der Waals surface area (Å²) in [4.78, 5) is 15.7. The van der Waals surface area contributed by atoms with E-state index in [0.717, 1.165) is 0 Å². The lowest BCUT2D eigenvalue weighted by atomic mass is 10.1. The van der Waals surface area contributed by atoms with E-state index in [2.05, 4.69) is 20.5 Å². The molecule has 2 rings (SSSR count). The number of anilines is 1. The molecule has 9 heteroatoms. The van der Waals surface area contributed by atoms with E-state index in [9.17, 15) is 4.79 Å². The zero-order chi connectivity index (χ0) is 19.2. The van der Waals surface area contributed by atoms with Crippen molar-refractivity contribution in [3.8, 4) is 22.8 Å². The maximum atomic E-state index is 11.6. The molecule has 0 unspecified atom stereocenters. The second kappa shape index (κ2) is 8.41. The Morgan fingerprint density at radius 3 is 2.65 bits per heavy atom. The van der Waals surface area contributed by atoms with Gasteiger partial charge in [0.2, 0.25) is 0 Å². The number of H-pyrrole nitrogens is 1. The largest absolute Gasteiger partial charge is 0.494 e. The van der Waals surface area contributed by atoms with E-state index in [1.807, 2.05) is 20.8 Å². The number of carbonyl (C=O) groups is 1. The summed E-state index contributed by atoms with van der Waals surface area (Å²) in [7, 11) is 1.55. The van der Waals surface area contributed by atoms with E-state index >= 15 is 0 Å². The highest BCUT2D eigenvalue weighted by atomic mass is 16.6. The predicted octanol–water partition coefficient (Wildman–Crippen LogP) is 2.36. The molecule has 142 valence electrons. The molecule has 1 amide bonds. The van der Waals surface area contributed by atoms with Crippen LogP contribution in [0.2, 0.25) is 0 Å². The summed E-state index contributed by atoms with van der Waals surface area (Å²) >= 11 is 0. The molecule has 0 saturated carbocycles. The molecule has 26 heavy (non-hydrogen) atoms. The molecule has 2 aromatic heterocycles. The van der Waals surface area contributed by atoms with Crippen molar-refractivity contribution in [3.05, 3.63) is 18.5 Å². The zero-order valence-electron chi connectivity index (χ0n) is 15.5. The lowest BCUT2D eigenvalue weighted by Crippen LogP contribution is -2.33. The number of nitrogens with zero attached hydrogens (tertiary/aromatic N) is 2. The summed E-state index contributed by atoms with van der Waals surface area (Å²) < 4.78 is 16.3. The van der Waals surface area contributed by atoms with Crippen LogP contribution in [0, 0.1) is 0 Å². The monoisotopic (exact) mass is 363 g/mol. The number of amides is 1. The number of rotatable bonds is 7. The molecule has 0 aliphatic rings. The molecule has 0 aliphatic heterocycles. The first-order valence-electron chi connectivity index (χ1n) is 8.23. The third-order valence-electron chi connectivity index (χ3n) is 3.21. The maximum absolute atomic E-state index is 11.6. The molecule has 0 aromatic carbocycles. The highest BCUT2D eigenvalue weighted by Crippen LogP contribution is 2.36. The van der Waals surface area contributed by atoms with Crippen molar-refractivity contribution in [2.75, 3.05) is 26.0 Å². The molecular weight excluding hydrogens is 338 g/mol. The van der Waals surface area contributed by atoms with Gasteiger partial charge in [-0.05, 0) is 27.2 Å². The summed E-state index contributed by atoms with van der Waals surface area (Å²) in [6.07, 6.45) is 3.33. The Morgan fingerprint density at radius 1 is 1.31 bits per heavy atom. The zero-order valence-corrected chi connectivity index (χ0v) is 15.5. The van der Waals surface area contributed by atoms with Crippen molar-refractivity contribution >= 4 is 11.9 Å². The van der Waals surface area contributed by atoms with Gasteiger partial charge >= 0.3 is 6.09 Å². The Kier molecular flexibility index (Phi) is 6.26. The van der Waals surface area contributed by atoms with Gasteiger partial charge in [-0.15, -0.1) is 0 Å². The number of hydrogen-bond donors (Lipinski definition) is 3. The molecular formula is C17H25N5O4. The first-order valence-corrected chi connectivity index (χ1v) is 8.23. The lowest BCUT2D eigenvalue weighted by Gasteiger charge is -2.19. The number of aromatic amines is 1. The summed E-state index contributed by atoms with van der Waals surface area (Å²) in [5.74, 6) is 1.44. The Morgan fingerprint density at radius 2 is 2.04 bits per heavy atom. The van der Waals surface area contributed by atoms with Gasteiger partial charge < -0.3 is 25.3 Å². The minimum Gasteiger partial charge on any atom is -0.494 e. The maximum Gasteiger partial charge on any atom is 0.407 e. The van der Waals surface area contributed by atoms with E-state index in [0.29, 0.717) is 48.1 Å². The van der Waals surface area contributed by atoms with E-state index in [4.69, 9.17) is 19.9 Å². The Bertz CT molecular complexity index is 739. The number of alkyl carbamates (subject to hydrolysis) is 1. The fourth-order valence-corrected chi connectivity index (χ4v) is 2.18. The van der Waals surface area contributed by atoms with Gasteiger partial charge in [0.15, 0.2) is 5.75 Å². The molecule has 0 bridgehead atoms. The first-order chi connectivity index (χ1) is 12.3. The van der Waals surface area contributed by atoms with Crippen molar-refractivity contribution in [1.82, 2.24) is 20.5 Å². The number of nitrogens with two attached hydrogens (primary N) is 1. The molecule has 2 aromatic rings. The second-order valence-electron chi connectivity index (χ2n) is 6.55. The number of carbonyl (C=O) groups excluding carboxylic acids is 1. The van der Waals surface area contributed by atoms with Crippen LogP contribution in [0.3, 0.4) is 0 Å². The van der Waals surface area contributed by atoms with Gasteiger partial charge in [0.25, 0.3) is 0 Å². The smallest absolute Gasteiger partial charge is 0.407 e. The standard InChI is InChI=1S/C17H25N5O4/c1-17(2,3)26-16(23)20-6-5-7-25-13-10-19-9-12(24-4)15(13)11-8-14(18)22-21-11/h8-10H,5-7H2,1-4H3,(H,20,23)(H3,18,21,22). The van der Waals surface area contributed by atoms with E-state index in [1.54, 1.807) is 25.6 Å². The number of hydrogen-bond acceptors (Lipinski definition) is 7. The fourth-order valence-electron chi connectivity index (χ4n) is 2.18. The van der Waals surface area contributed by atoms with E-state index in [1.165, 1.54) is 0 Å². The van der Waals surface area contributed by atoms with Gasteiger partial charge in [0.05, 0.1) is 37.4 Å².